The Morgan fingerprint density at radius 3 is 2.28 bits per heavy atom. The molecule has 25 heavy (non-hydrogen) atoms. The third-order valence-electron chi connectivity index (χ3n) is 4.32. The number of likely N-dealkylation sites (N-methyl/N-ethyl adjacent to an activating group) is 1. The van der Waals surface area contributed by atoms with Gasteiger partial charge in [0.05, 0.1) is 6.54 Å². The molecule has 1 aliphatic heterocycles. The van der Waals surface area contributed by atoms with E-state index in [-0.39, 0.29) is 25.5 Å². The monoisotopic (exact) mass is 375 g/mol. The summed E-state index contributed by atoms with van der Waals surface area (Å²) in [7, 11) is -4.10. The molecule has 0 aromatic heterocycles. The van der Waals surface area contributed by atoms with E-state index in [1.54, 1.807) is 4.90 Å². The fourth-order valence-electron chi connectivity index (χ4n) is 2.81. The van der Waals surface area contributed by atoms with Crippen LogP contribution in [0.1, 0.15) is 13.8 Å². The van der Waals surface area contributed by atoms with Crippen LogP contribution in [0.15, 0.2) is 23.1 Å². The molecule has 0 atom stereocenters. The zero-order valence-corrected chi connectivity index (χ0v) is 15.2. The Hall–Kier alpha value is -1.58. The number of halogens is 2. The van der Waals surface area contributed by atoms with Gasteiger partial charge in [0, 0.05) is 39.3 Å². The van der Waals surface area contributed by atoms with Gasteiger partial charge in [0.15, 0.2) is 0 Å². The maximum absolute atomic E-state index is 13.8. The average Bonchev–Trinajstić information content (AvgIpc) is 2.58. The Morgan fingerprint density at radius 2 is 1.72 bits per heavy atom. The quantitative estimate of drug-likeness (QED) is 0.748. The molecular formula is C16H23F2N3O3S. The van der Waals surface area contributed by atoms with Crippen molar-refractivity contribution in [2.75, 3.05) is 45.8 Å². The number of piperazine rings is 1. The van der Waals surface area contributed by atoms with E-state index < -0.39 is 26.6 Å². The van der Waals surface area contributed by atoms with Gasteiger partial charge in [0.1, 0.15) is 16.5 Å². The zero-order chi connectivity index (χ0) is 18.6. The topological polar surface area (TPSA) is 60.9 Å². The number of hydrogen-bond acceptors (Lipinski definition) is 4. The molecule has 0 saturated carbocycles. The molecule has 0 bridgehead atoms. The molecule has 140 valence electrons. The van der Waals surface area contributed by atoms with Crippen LogP contribution >= 0.6 is 0 Å². The molecule has 0 radical (unpaired) electrons. The Kier molecular flexibility index (Phi) is 6.47. The number of carbonyl (C=O) groups excluding carboxylic acids is 1. The molecule has 0 aliphatic carbocycles. The van der Waals surface area contributed by atoms with Gasteiger partial charge in [-0.25, -0.2) is 17.2 Å². The summed E-state index contributed by atoms with van der Waals surface area (Å²) in [4.78, 5) is 15.0. The molecule has 1 amide bonds. The predicted octanol–water partition coefficient (Wildman–Crippen LogP) is 1.14. The summed E-state index contributed by atoms with van der Waals surface area (Å²) in [6.45, 7) is 6.27. The number of nitrogens with zero attached hydrogens (tertiary/aromatic N) is 3. The molecule has 0 spiro atoms. The fourth-order valence-corrected chi connectivity index (χ4v) is 4.31. The summed E-state index contributed by atoms with van der Waals surface area (Å²) >= 11 is 0. The number of hydrogen-bond donors (Lipinski definition) is 0. The highest BCUT2D eigenvalue weighted by molar-refractivity contribution is 7.89. The van der Waals surface area contributed by atoms with E-state index in [1.807, 2.05) is 18.7 Å². The Balaban J connectivity index is 2.02. The van der Waals surface area contributed by atoms with Gasteiger partial charge in [-0.15, -0.1) is 0 Å². The van der Waals surface area contributed by atoms with Crippen LogP contribution in [0.3, 0.4) is 0 Å². The van der Waals surface area contributed by atoms with Gasteiger partial charge in [-0.05, 0) is 32.0 Å². The highest BCUT2D eigenvalue weighted by Gasteiger charge is 2.31. The van der Waals surface area contributed by atoms with Gasteiger partial charge in [0.2, 0.25) is 15.9 Å². The Bertz CT molecular complexity index is 715. The molecule has 0 N–H and O–H groups in total. The average molecular weight is 375 g/mol. The summed E-state index contributed by atoms with van der Waals surface area (Å²) in [5.41, 5.74) is 0. The smallest absolute Gasteiger partial charge is 0.246 e. The summed E-state index contributed by atoms with van der Waals surface area (Å²) in [5, 5.41) is 0. The molecule has 9 heteroatoms. The van der Waals surface area contributed by atoms with Gasteiger partial charge in [0.25, 0.3) is 0 Å². The molecule has 2 rings (SSSR count). The standard InChI is InChI=1S/C16H23F2N3O3S/c1-3-20(4-2)16(22)12-19-7-9-21(10-8-19)25(23,24)15-11-13(17)5-6-14(15)18/h5-6,11H,3-4,7-10,12H2,1-2H3. The van der Waals surface area contributed by atoms with Gasteiger partial charge in [-0.3, -0.25) is 9.69 Å². The minimum Gasteiger partial charge on any atom is -0.342 e. The highest BCUT2D eigenvalue weighted by Crippen LogP contribution is 2.21. The van der Waals surface area contributed by atoms with E-state index in [1.165, 1.54) is 0 Å². The first-order valence-electron chi connectivity index (χ1n) is 8.25. The summed E-state index contributed by atoms with van der Waals surface area (Å²) in [6.07, 6.45) is 0. The van der Waals surface area contributed by atoms with E-state index in [2.05, 4.69) is 0 Å². The van der Waals surface area contributed by atoms with Crippen molar-refractivity contribution in [1.82, 2.24) is 14.1 Å². The molecule has 1 fully saturated rings. The molecular weight excluding hydrogens is 352 g/mol. The second kappa shape index (κ2) is 8.20. The maximum atomic E-state index is 13.8. The van der Waals surface area contributed by atoms with Crippen molar-refractivity contribution in [2.24, 2.45) is 0 Å². The van der Waals surface area contributed by atoms with Crippen LogP contribution in [0.4, 0.5) is 8.78 Å². The minimum absolute atomic E-state index is 0.00233. The van der Waals surface area contributed by atoms with Crippen LogP contribution < -0.4 is 0 Å². The molecule has 1 saturated heterocycles. The van der Waals surface area contributed by atoms with Gasteiger partial charge in [-0.2, -0.15) is 4.31 Å². The largest absolute Gasteiger partial charge is 0.342 e. The van der Waals surface area contributed by atoms with E-state index in [9.17, 15) is 22.0 Å². The third kappa shape index (κ3) is 4.53. The molecule has 0 unspecified atom stereocenters. The van der Waals surface area contributed by atoms with Crippen molar-refractivity contribution in [1.29, 1.82) is 0 Å². The highest BCUT2D eigenvalue weighted by atomic mass is 32.2. The minimum atomic E-state index is -4.10. The van der Waals surface area contributed by atoms with E-state index in [0.29, 0.717) is 32.2 Å². The molecule has 1 heterocycles. The van der Waals surface area contributed by atoms with Crippen molar-refractivity contribution in [3.63, 3.8) is 0 Å². The fraction of sp³-hybridized carbons (Fsp3) is 0.562. The van der Waals surface area contributed by atoms with Crippen LogP contribution in [0.2, 0.25) is 0 Å². The number of amides is 1. The van der Waals surface area contributed by atoms with Crippen molar-refractivity contribution in [2.45, 2.75) is 18.7 Å². The second-order valence-electron chi connectivity index (χ2n) is 5.82. The van der Waals surface area contributed by atoms with Crippen LogP contribution in [-0.4, -0.2) is 74.2 Å². The number of benzene rings is 1. The zero-order valence-electron chi connectivity index (χ0n) is 14.4. The maximum Gasteiger partial charge on any atom is 0.246 e. The lowest BCUT2D eigenvalue weighted by atomic mass is 10.3. The third-order valence-corrected chi connectivity index (χ3v) is 6.23. The van der Waals surface area contributed by atoms with Gasteiger partial charge in [-0.1, -0.05) is 0 Å². The van der Waals surface area contributed by atoms with Crippen molar-refractivity contribution < 1.29 is 22.0 Å². The SMILES string of the molecule is CCN(CC)C(=O)CN1CCN(S(=O)(=O)c2cc(F)ccc2F)CC1. The number of carbonyl (C=O) groups is 1. The molecule has 1 aromatic carbocycles. The summed E-state index contributed by atoms with van der Waals surface area (Å²) in [6, 6.07) is 2.38. The molecule has 1 aliphatic rings. The van der Waals surface area contributed by atoms with E-state index in [4.69, 9.17) is 0 Å². The van der Waals surface area contributed by atoms with E-state index in [0.717, 1.165) is 16.4 Å². The summed E-state index contributed by atoms with van der Waals surface area (Å²) < 4.78 is 53.3. The second-order valence-corrected chi connectivity index (χ2v) is 7.73. The predicted molar refractivity (Wildman–Crippen MR) is 89.5 cm³/mol. The van der Waals surface area contributed by atoms with Gasteiger partial charge >= 0.3 is 0 Å². The van der Waals surface area contributed by atoms with Crippen molar-refractivity contribution in [3.8, 4) is 0 Å². The summed E-state index contributed by atoms with van der Waals surface area (Å²) in [5.74, 6) is -1.78. The molecule has 1 aromatic rings. The van der Waals surface area contributed by atoms with Crippen LogP contribution in [0.5, 0.6) is 0 Å². The lowest BCUT2D eigenvalue weighted by Gasteiger charge is -2.34. The number of rotatable bonds is 6. The van der Waals surface area contributed by atoms with Crippen LogP contribution in [0.25, 0.3) is 0 Å². The van der Waals surface area contributed by atoms with Crippen LogP contribution in [-0.2, 0) is 14.8 Å². The Morgan fingerprint density at radius 1 is 1.12 bits per heavy atom. The van der Waals surface area contributed by atoms with Gasteiger partial charge < -0.3 is 4.90 Å². The van der Waals surface area contributed by atoms with E-state index >= 15 is 0 Å². The number of sulfonamides is 1. The molecule has 6 nitrogen and oxygen atoms in total. The van der Waals surface area contributed by atoms with Crippen molar-refractivity contribution >= 4 is 15.9 Å². The first-order valence-corrected chi connectivity index (χ1v) is 9.69. The lowest BCUT2D eigenvalue weighted by molar-refractivity contribution is -0.132. The van der Waals surface area contributed by atoms with Crippen LogP contribution in [0, 0.1) is 11.6 Å². The normalized spacial score (nSPS) is 16.8. The first-order chi connectivity index (χ1) is 11.8. The Labute approximate surface area is 147 Å². The first kappa shape index (κ1) is 19.7. The van der Waals surface area contributed by atoms with Crippen molar-refractivity contribution in [3.05, 3.63) is 29.8 Å². The lowest BCUT2D eigenvalue weighted by Crippen LogP contribution is -2.51.